The molecule has 164 valence electrons. The Kier molecular flexibility index (Phi) is 6.04. The van der Waals surface area contributed by atoms with E-state index in [4.69, 9.17) is 4.42 Å². The van der Waals surface area contributed by atoms with Gasteiger partial charge in [-0.05, 0) is 24.6 Å². The van der Waals surface area contributed by atoms with Crippen LogP contribution in [0.4, 0.5) is 0 Å². The number of nitrogens with one attached hydrogen (secondary N) is 1. The average Bonchev–Trinajstić information content (AvgIpc) is 3.17. The Morgan fingerprint density at radius 1 is 1.06 bits per heavy atom. The van der Waals surface area contributed by atoms with Crippen molar-refractivity contribution < 1.29 is 19.7 Å². The van der Waals surface area contributed by atoms with Crippen LogP contribution in [-0.4, -0.2) is 30.2 Å². The summed E-state index contributed by atoms with van der Waals surface area (Å²) in [6.07, 6.45) is 1.01. The third-order valence-electron chi connectivity index (χ3n) is 4.73. The fourth-order valence-corrected chi connectivity index (χ4v) is 3.83. The molecule has 0 saturated carbocycles. The SMILES string of the molecule is Cc1ccccc1-c1nnc(SCc2cc(=O)c(O)co2)n1NCc1ccc(O)cc1O. The van der Waals surface area contributed by atoms with Gasteiger partial charge < -0.3 is 25.2 Å². The molecule has 2 aromatic carbocycles. The number of phenols is 2. The summed E-state index contributed by atoms with van der Waals surface area (Å²) in [5, 5.41) is 38.1. The number of aromatic hydroxyl groups is 3. The van der Waals surface area contributed by atoms with Crippen molar-refractivity contribution in [2.24, 2.45) is 0 Å². The van der Waals surface area contributed by atoms with Crippen LogP contribution in [-0.2, 0) is 12.3 Å². The molecule has 0 aliphatic carbocycles. The Morgan fingerprint density at radius 3 is 2.62 bits per heavy atom. The van der Waals surface area contributed by atoms with Gasteiger partial charge >= 0.3 is 0 Å². The van der Waals surface area contributed by atoms with Crippen LogP contribution in [0.25, 0.3) is 11.4 Å². The summed E-state index contributed by atoms with van der Waals surface area (Å²) < 4.78 is 6.97. The van der Waals surface area contributed by atoms with Crippen LogP contribution in [0.5, 0.6) is 17.2 Å². The lowest BCUT2D eigenvalue weighted by Gasteiger charge is -2.14. The first kappa shape index (κ1) is 21.3. The van der Waals surface area contributed by atoms with Gasteiger partial charge in [0.25, 0.3) is 0 Å². The van der Waals surface area contributed by atoms with Gasteiger partial charge in [-0.1, -0.05) is 36.0 Å². The van der Waals surface area contributed by atoms with E-state index in [1.165, 1.54) is 30.0 Å². The lowest BCUT2D eigenvalue weighted by Crippen LogP contribution is -2.17. The molecule has 0 fully saturated rings. The van der Waals surface area contributed by atoms with Crippen LogP contribution in [0.3, 0.4) is 0 Å². The lowest BCUT2D eigenvalue weighted by molar-refractivity contribution is 0.419. The summed E-state index contributed by atoms with van der Waals surface area (Å²) >= 11 is 1.29. The highest BCUT2D eigenvalue weighted by Crippen LogP contribution is 2.28. The van der Waals surface area contributed by atoms with Crippen LogP contribution < -0.4 is 10.9 Å². The standard InChI is InChI=1S/C22H20N4O5S/c1-13-4-2-3-5-17(13)21-24-25-22(32-12-16-9-19(29)20(30)11-31-16)26(21)23-10-14-6-7-15(27)8-18(14)28/h2-9,11,23,27-28,30H,10,12H2,1H3. The number of aryl methyl sites for hydroxylation is 1. The zero-order valence-electron chi connectivity index (χ0n) is 17.0. The number of nitrogens with zero attached hydrogens (tertiary/aromatic N) is 3. The topological polar surface area (TPSA) is 134 Å². The van der Waals surface area contributed by atoms with E-state index in [-0.39, 0.29) is 23.8 Å². The molecule has 0 aliphatic rings. The average molecular weight is 452 g/mol. The molecular formula is C22H20N4O5S. The number of hydrogen-bond acceptors (Lipinski definition) is 9. The van der Waals surface area contributed by atoms with Gasteiger partial charge in [-0.2, -0.15) is 0 Å². The van der Waals surface area contributed by atoms with E-state index >= 15 is 0 Å². The first-order valence-corrected chi connectivity index (χ1v) is 10.6. The van der Waals surface area contributed by atoms with Crippen LogP contribution >= 0.6 is 11.8 Å². The molecule has 0 amide bonds. The summed E-state index contributed by atoms with van der Waals surface area (Å²) in [5.41, 5.74) is 5.17. The maximum absolute atomic E-state index is 11.7. The predicted molar refractivity (Wildman–Crippen MR) is 119 cm³/mol. The van der Waals surface area contributed by atoms with Gasteiger partial charge in [0.1, 0.15) is 23.5 Å². The maximum Gasteiger partial charge on any atom is 0.226 e. The molecule has 32 heavy (non-hydrogen) atoms. The smallest absolute Gasteiger partial charge is 0.226 e. The van der Waals surface area contributed by atoms with Gasteiger partial charge in [-0.15, -0.1) is 10.2 Å². The molecule has 0 saturated heterocycles. The van der Waals surface area contributed by atoms with Gasteiger partial charge in [0.2, 0.25) is 10.6 Å². The van der Waals surface area contributed by atoms with Crippen molar-refractivity contribution >= 4 is 11.8 Å². The lowest BCUT2D eigenvalue weighted by atomic mass is 10.1. The van der Waals surface area contributed by atoms with Gasteiger partial charge in [-0.25, -0.2) is 4.68 Å². The van der Waals surface area contributed by atoms with Crippen molar-refractivity contribution in [1.82, 2.24) is 14.9 Å². The molecule has 0 aliphatic heterocycles. The Bertz CT molecular complexity index is 1320. The highest BCUT2D eigenvalue weighted by atomic mass is 32.2. The Morgan fingerprint density at radius 2 is 1.88 bits per heavy atom. The molecule has 4 rings (SSSR count). The van der Waals surface area contributed by atoms with E-state index in [1.54, 1.807) is 10.7 Å². The highest BCUT2D eigenvalue weighted by molar-refractivity contribution is 7.98. The van der Waals surface area contributed by atoms with Gasteiger partial charge in [0, 0.05) is 23.3 Å². The molecule has 9 nitrogen and oxygen atoms in total. The minimum atomic E-state index is -0.519. The molecule has 0 radical (unpaired) electrons. The molecule has 0 unspecified atom stereocenters. The molecule has 10 heteroatoms. The Hall–Kier alpha value is -3.92. The van der Waals surface area contributed by atoms with E-state index in [0.29, 0.717) is 22.3 Å². The number of rotatable bonds is 7. The molecule has 4 aromatic rings. The van der Waals surface area contributed by atoms with Gasteiger partial charge in [0.05, 0.1) is 12.3 Å². The summed E-state index contributed by atoms with van der Waals surface area (Å²) in [6.45, 7) is 2.21. The fourth-order valence-electron chi connectivity index (χ4n) is 3.03. The van der Waals surface area contributed by atoms with Crippen LogP contribution in [0.15, 0.2) is 69.2 Å². The molecule has 0 bridgehead atoms. The predicted octanol–water partition coefficient (Wildman–Crippen LogP) is 3.36. The van der Waals surface area contributed by atoms with Crippen molar-refractivity contribution in [3.63, 3.8) is 0 Å². The number of phenolic OH excluding ortho intramolecular Hbond substituents is 2. The second-order valence-electron chi connectivity index (χ2n) is 6.99. The van der Waals surface area contributed by atoms with E-state index < -0.39 is 11.2 Å². The highest BCUT2D eigenvalue weighted by Gasteiger charge is 2.17. The Labute approximate surface area is 187 Å². The largest absolute Gasteiger partial charge is 0.508 e. The first-order chi connectivity index (χ1) is 15.4. The second-order valence-corrected chi connectivity index (χ2v) is 7.93. The van der Waals surface area contributed by atoms with Crippen molar-refractivity contribution in [3.05, 3.63) is 81.9 Å². The Balaban J connectivity index is 1.64. The minimum Gasteiger partial charge on any atom is -0.508 e. The van der Waals surface area contributed by atoms with Crippen molar-refractivity contribution in [1.29, 1.82) is 0 Å². The van der Waals surface area contributed by atoms with Gasteiger partial charge in [-0.3, -0.25) is 4.79 Å². The number of aromatic nitrogens is 3. The minimum absolute atomic E-state index is 0.0252. The van der Waals surface area contributed by atoms with Crippen molar-refractivity contribution in [2.75, 3.05) is 5.43 Å². The third-order valence-corrected chi connectivity index (χ3v) is 5.68. The molecule has 0 atom stereocenters. The van der Waals surface area contributed by atoms with E-state index in [9.17, 15) is 20.1 Å². The van der Waals surface area contributed by atoms with Crippen molar-refractivity contribution in [3.8, 4) is 28.6 Å². The fraction of sp³-hybridized carbons (Fsp3) is 0.136. The third kappa shape index (κ3) is 4.54. The molecular weight excluding hydrogens is 432 g/mol. The van der Waals surface area contributed by atoms with Crippen LogP contribution in [0.2, 0.25) is 0 Å². The van der Waals surface area contributed by atoms with Crippen LogP contribution in [0.1, 0.15) is 16.9 Å². The summed E-state index contributed by atoms with van der Waals surface area (Å²) in [4.78, 5) is 11.7. The number of hydrogen-bond donors (Lipinski definition) is 4. The normalized spacial score (nSPS) is 10.9. The molecule has 0 spiro atoms. The summed E-state index contributed by atoms with van der Waals surface area (Å²) in [7, 11) is 0. The van der Waals surface area contributed by atoms with E-state index in [0.717, 1.165) is 17.4 Å². The van der Waals surface area contributed by atoms with Gasteiger partial charge in [0.15, 0.2) is 11.6 Å². The van der Waals surface area contributed by atoms with Crippen molar-refractivity contribution in [2.45, 2.75) is 24.4 Å². The zero-order chi connectivity index (χ0) is 22.7. The molecule has 2 aromatic heterocycles. The number of benzene rings is 2. The molecule has 4 N–H and O–H groups in total. The zero-order valence-corrected chi connectivity index (χ0v) is 17.8. The maximum atomic E-state index is 11.7. The van der Waals surface area contributed by atoms with Crippen LogP contribution in [0, 0.1) is 6.92 Å². The van der Waals surface area contributed by atoms with E-state index in [2.05, 4.69) is 15.6 Å². The summed E-state index contributed by atoms with van der Waals surface area (Å²) in [5.74, 6) is 0.732. The number of thioether (sulfide) groups is 1. The quantitative estimate of drug-likeness (QED) is 0.311. The molecule has 2 heterocycles. The monoisotopic (exact) mass is 452 g/mol. The summed E-state index contributed by atoms with van der Waals surface area (Å²) in [6, 6.07) is 13.4. The second kappa shape index (κ2) is 9.06. The first-order valence-electron chi connectivity index (χ1n) is 9.62. The van der Waals surface area contributed by atoms with E-state index in [1.807, 2.05) is 31.2 Å².